The Hall–Kier alpha value is -1.46. The van der Waals surface area contributed by atoms with Crippen LogP contribution in [0, 0.1) is 0 Å². The Morgan fingerprint density at radius 2 is 2.00 bits per heavy atom. The van der Waals surface area contributed by atoms with Crippen LogP contribution in [0.1, 0.15) is 37.0 Å². The quantitative estimate of drug-likeness (QED) is 0.872. The second kappa shape index (κ2) is 6.12. The topological polar surface area (TPSA) is 42.2 Å². The summed E-state index contributed by atoms with van der Waals surface area (Å²) in [4.78, 5) is 7.30. The van der Waals surface area contributed by atoms with Gasteiger partial charge in [0.25, 0.3) is 0 Å². The average Bonchev–Trinajstić information content (AvgIpc) is 2.87. The van der Waals surface area contributed by atoms with E-state index in [0.717, 1.165) is 28.5 Å². The van der Waals surface area contributed by atoms with Crippen molar-refractivity contribution >= 4 is 34.2 Å². The predicted octanol–water partition coefficient (Wildman–Crippen LogP) is 3.71. The van der Waals surface area contributed by atoms with Gasteiger partial charge in [0.15, 0.2) is 0 Å². The van der Waals surface area contributed by atoms with E-state index in [1.165, 1.54) is 0 Å². The maximum Gasteiger partial charge on any atom is 0.112 e. The molecule has 1 heterocycles. The second-order valence-electron chi connectivity index (χ2n) is 6.11. The van der Waals surface area contributed by atoms with Crippen molar-refractivity contribution in [2.75, 3.05) is 11.9 Å². The summed E-state index contributed by atoms with van der Waals surface area (Å²) in [6.45, 7) is 7.29. The van der Waals surface area contributed by atoms with Gasteiger partial charge >= 0.3 is 0 Å². The van der Waals surface area contributed by atoms with Crippen LogP contribution in [0.5, 0.6) is 0 Å². The second-order valence-corrected chi connectivity index (χ2v) is 7.50. The summed E-state index contributed by atoms with van der Waals surface area (Å²) >= 11 is 6.82. The minimum Gasteiger partial charge on any atom is -0.389 e. The summed E-state index contributed by atoms with van der Waals surface area (Å²) in [5, 5.41) is 3.24. The molecule has 0 spiro atoms. The van der Waals surface area contributed by atoms with Gasteiger partial charge in [0, 0.05) is 29.1 Å². The summed E-state index contributed by atoms with van der Waals surface area (Å²) in [5.41, 5.74) is 8.97. The van der Waals surface area contributed by atoms with Gasteiger partial charge in [0.05, 0.1) is 12.2 Å². The van der Waals surface area contributed by atoms with E-state index in [2.05, 4.69) is 31.1 Å². The molecule has 0 amide bonds. The maximum absolute atomic E-state index is 5.80. The van der Waals surface area contributed by atoms with E-state index in [4.69, 9.17) is 22.9 Å². The van der Waals surface area contributed by atoms with Crippen LogP contribution in [0.25, 0.3) is 0 Å². The Morgan fingerprint density at radius 3 is 2.57 bits per heavy atom. The molecule has 2 aromatic rings. The zero-order valence-electron chi connectivity index (χ0n) is 12.9. The smallest absolute Gasteiger partial charge is 0.112 e. The number of nitrogens with two attached hydrogens (primary N) is 1. The molecule has 1 aromatic carbocycles. The van der Waals surface area contributed by atoms with Crippen LogP contribution in [0.2, 0.25) is 0 Å². The summed E-state index contributed by atoms with van der Waals surface area (Å²) < 4.78 is 0. The number of thiocarbonyl (C=S) groups is 1. The zero-order chi connectivity index (χ0) is 15.6. The van der Waals surface area contributed by atoms with Crippen LogP contribution in [-0.2, 0) is 12.0 Å². The molecule has 2 rings (SSSR count). The van der Waals surface area contributed by atoms with Gasteiger partial charge in [-0.1, -0.05) is 45.1 Å². The van der Waals surface area contributed by atoms with Crippen molar-refractivity contribution in [2.24, 2.45) is 5.73 Å². The average molecular weight is 319 g/mol. The molecule has 3 nitrogen and oxygen atoms in total. The molecule has 0 aliphatic carbocycles. The first kappa shape index (κ1) is 15.9. The number of nitrogens with zero attached hydrogens (tertiary/aromatic N) is 2. The SMILES string of the molecule is CN(Cc1nc(C(C)(C)C)cs1)c1ccccc1C(N)=S. The lowest BCUT2D eigenvalue weighted by molar-refractivity contribution is 0.570. The van der Waals surface area contributed by atoms with E-state index < -0.39 is 0 Å². The number of anilines is 1. The molecule has 0 aliphatic heterocycles. The van der Waals surface area contributed by atoms with E-state index in [9.17, 15) is 0 Å². The molecule has 2 N–H and O–H groups in total. The first-order chi connectivity index (χ1) is 9.79. The van der Waals surface area contributed by atoms with Crippen LogP contribution in [0.15, 0.2) is 29.6 Å². The minimum absolute atomic E-state index is 0.0874. The highest BCUT2D eigenvalue weighted by Gasteiger charge is 2.18. The largest absolute Gasteiger partial charge is 0.389 e. The predicted molar refractivity (Wildman–Crippen MR) is 95.3 cm³/mol. The summed E-state index contributed by atoms with van der Waals surface area (Å²) in [5.74, 6) is 0. The third-order valence-electron chi connectivity index (χ3n) is 3.27. The van der Waals surface area contributed by atoms with Gasteiger partial charge in [-0.15, -0.1) is 11.3 Å². The molecule has 21 heavy (non-hydrogen) atoms. The van der Waals surface area contributed by atoms with Crippen LogP contribution < -0.4 is 10.6 Å². The van der Waals surface area contributed by atoms with Gasteiger partial charge in [-0.05, 0) is 12.1 Å². The molecule has 0 saturated carbocycles. The molecule has 0 bridgehead atoms. The fourth-order valence-electron chi connectivity index (χ4n) is 2.03. The zero-order valence-corrected chi connectivity index (χ0v) is 14.5. The highest BCUT2D eigenvalue weighted by Crippen LogP contribution is 2.26. The standard InChI is InChI=1S/C16H21N3S2/c1-16(2,3)13-10-21-14(18-13)9-19(4)12-8-6-5-7-11(12)15(17)20/h5-8,10H,9H2,1-4H3,(H2,17,20). The summed E-state index contributed by atoms with van der Waals surface area (Å²) in [6.07, 6.45) is 0. The Labute approximate surface area is 135 Å². The Balaban J connectivity index is 2.21. The molecule has 0 aliphatic rings. The fraction of sp³-hybridized carbons (Fsp3) is 0.375. The molecular weight excluding hydrogens is 298 g/mol. The molecule has 5 heteroatoms. The van der Waals surface area contributed by atoms with Gasteiger partial charge < -0.3 is 10.6 Å². The lowest BCUT2D eigenvalue weighted by atomic mass is 9.93. The highest BCUT2D eigenvalue weighted by molar-refractivity contribution is 7.80. The van der Waals surface area contributed by atoms with Crippen molar-refractivity contribution < 1.29 is 0 Å². The van der Waals surface area contributed by atoms with Crippen molar-refractivity contribution in [1.29, 1.82) is 0 Å². The lowest BCUT2D eigenvalue weighted by Gasteiger charge is -2.21. The third kappa shape index (κ3) is 3.80. The van der Waals surface area contributed by atoms with E-state index in [-0.39, 0.29) is 5.41 Å². The van der Waals surface area contributed by atoms with Crippen LogP contribution >= 0.6 is 23.6 Å². The van der Waals surface area contributed by atoms with E-state index in [0.29, 0.717) is 4.99 Å². The van der Waals surface area contributed by atoms with Crippen molar-refractivity contribution in [1.82, 2.24) is 4.98 Å². The van der Waals surface area contributed by atoms with E-state index >= 15 is 0 Å². The minimum atomic E-state index is 0.0874. The van der Waals surface area contributed by atoms with Gasteiger partial charge in [0.1, 0.15) is 10.00 Å². The number of rotatable bonds is 4. The van der Waals surface area contributed by atoms with Gasteiger partial charge in [0.2, 0.25) is 0 Å². The Kier molecular flexibility index (Phi) is 4.64. The van der Waals surface area contributed by atoms with Crippen molar-refractivity contribution in [3.63, 3.8) is 0 Å². The van der Waals surface area contributed by atoms with Crippen LogP contribution in [-0.4, -0.2) is 17.0 Å². The summed E-state index contributed by atoms with van der Waals surface area (Å²) in [7, 11) is 2.04. The number of hydrogen-bond acceptors (Lipinski definition) is 4. The molecule has 1 aromatic heterocycles. The van der Waals surface area contributed by atoms with Gasteiger partial charge in [-0.25, -0.2) is 4.98 Å². The normalized spacial score (nSPS) is 11.4. The molecular formula is C16H21N3S2. The number of thiazole rings is 1. The number of hydrogen-bond donors (Lipinski definition) is 1. The summed E-state index contributed by atoms with van der Waals surface area (Å²) in [6, 6.07) is 7.94. The van der Waals surface area contributed by atoms with Crippen LogP contribution in [0.3, 0.4) is 0 Å². The molecule has 112 valence electrons. The number of aromatic nitrogens is 1. The van der Waals surface area contributed by atoms with Crippen molar-refractivity contribution in [3.05, 3.63) is 45.9 Å². The monoisotopic (exact) mass is 319 g/mol. The third-order valence-corrected chi connectivity index (χ3v) is 4.33. The molecule has 0 atom stereocenters. The molecule has 0 saturated heterocycles. The van der Waals surface area contributed by atoms with Crippen LogP contribution in [0.4, 0.5) is 5.69 Å². The Bertz CT molecular complexity index is 641. The number of para-hydroxylation sites is 1. The van der Waals surface area contributed by atoms with Gasteiger partial charge in [-0.2, -0.15) is 0 Å². The van der Waals surface area contributed by atoms with Crippen molar-refractivity contribution in [3.8, 4) is 0 Å². The fourth-order valence-corrected chi connectivity index (χ4v) is 3.28. The van der Waals surface area contributed by atoms with E-state index in [1.807, 2.05) is 31.3 Å². The highest BCUT2D eigenvalue weighted by atomic mass is 32.1. The Morgan fingerprint density at radius 1 is 1.33 bits per heavy atom. The maximum atomic E-state index is 5.80. The molecule has 0 radical (unpaired) electrons. The van der Waals surface area contributed by atoms with Crippen molar-refractivity contribution in [2.45, 2.75) is 32.7 Å². The molecule has 0 fully saturated rings. The van der Waals surface area contributed by atoms with Gasteiger partial charge in [-0.3, -0.25) is 0 Å². The lowest BCUT2D eigenvalue weighted by Crippen LogP contribution is -2.21. The molecule has 0 unspecified atom stereocenters. The van der Waals surface area contributed by atoms with E-state index in [1.54, 1.807) is 11.3 Å². The first-order valence-electron chi connectivity index (χ1n) is 6.84. The first-order valence-corrected chi connectivity index (χ1v) is 8.12. The number of benzene rings is 1.